The summed E-state index contributed by atoms with van der Waals surface area (Å²) in [6.07, 6.45) is 6.11. The van der Waals surface area contributed by atoms with Crippen LogP contribution in [0.15, 0.2) is 54.6 Å². The molecule has 0 spiro atoms. The molecule has 1 fully saturated rings. The number of carbonyl (C=O) groups is 1. The average molecular weight is 424 g/mol. The molecule has 1 aliphatic heterocycles. The van der Waals surface area contributed by atoms with Gasteiger partial charge in [0.25, 0.3) is 0 Å². The number of carbonyl (C=O) groups excluding carboxylic acids is 1. The molecule has 1 aliphatic rings. The van der Waals surface area contributed by atoms with Gasteiger partial charge in [0.05, 0.1) is 17.6 Å². The van der Waals surface area contributed by atoms with Crippen LogP contribution in [0.4, 0.5) is 5.69 Å². The first-order valence-electron chi connectivity index (χ1n) is 10.7. The quantitative estimate of drug-likeness (QED) is 0.349. The van der Waals surface area contributed by atoms with Crippen LogP contribution in [-0.2, 0) is 4.79 Å². The molecule has 1 N–H and O–H groups in total. The van der Waals surface area contributed by atoms with Crippen molar-refractivity contribution in [2.24, 2.45) is 0 Å². The second-order valence-electron chi connectivity index (χ2n) is 7.58. The molecule has 1 atom stereocenters. The van der Waals surface area contributed by atoms with E-state index >= 15 is 0 Å². The van der Waals surface area contributed by atoms with E-state index in [1.807, 2.05) is 25.1 Å². The molecule has 0 saturated carbocycles. The Bertz CT molecular complexity index is 908. The van der Waals surface area contributed by atoms with Crippen molar-refractivity contribution in [3.8, 4) is 5.75 Å². The van der Waals surface area contributed by atoms with Gasteiger partial charge in [0, 0.05) is 18.7 Å². The van der Waals surface area contributed by atoms with Gasteiger partial charge in [-0.25, -0.2) is 0 Å². The van der Waals surface area contributed by atoms with Crippen LogP contribution in [0, 0.1) is 10.1 Å². The maximum Gasteiger partial charge on any atom is 0.311 e. The molecule has 2 aromatic carbocycles. The third-order valence-electron chi connectivity index (χ3n) is 5.30. The molecule has 0 radical (unpaired) electrons. The van der Waals surface area contributed by atoms with Crippen molar-refractivity contribution < 1.29 is 14.5 Å². The number of benzene rings is 2. The van der Waals surface area contributed by atoms with Crippen LogP contribution in [0.2, 0.25) is 0 Å². The zero-order valence-corrected chi connectivity index (χ0v) is 17.8. The molecule has 7 nitrogen and oxygen atoms in total. The van der Waals surface area contributed by atoms with Crippen LogP contribution in [0.5, 0.6) is 5.75 Å². The van der Waals surface area contributed by atoms with Crippen LogP contribution in [0.25, 0.3) is 6.08 Å². The van der Waals surface area contributed by atoms with E-state index in [4.69, 9.17) is 4.74 Å². The minimum atomic E-state index is -0.469. The van der Waals surface area contributed by atoms with E-state index in [-0.39, 0.29) is 23.4 Å². The number of nitrogens with zero attached hydrogens (tertiary/aromatic N) is 2. The summed E-state index contributed by atoms with van der Waals surface area (Å²) in [5.74, 6) is 0.0128. The van der Waals surface area contributed by atoms with Crippen LogP contribution in [0.1, 0.15) is 43.4 Å². The van der Waals surface area contributed by atoms with Gasteiger partial charge in [-0.15, -0.1) is 0 Å². The number of rotatable bonds is 10. The summed E-state index contributed by atoms with van der Waals surface area (Å²) in [6, 6.07) is 15.0. The van der Waals surface area contributed by atoms with Crippen molar-refractivity contribution >= 4 is 17.7 Å². The lowest BCUT2D eigenvalue weighted by Crippen LogP contribution is -2.36. The number of hydrogen-bond acceptors (Lipinski definition) is 5. The predicted octanol–water partition coefficient (Wildman–Crippen LogP) is 4.35. The highest BCUT2D eigenvalue weighted by Crippen LogP contribution is 2.28. The Kier molecular flexibility index (Phi) is 8.18. The second kappa shape index (κ2) is 11.3. The SMILES string of the molecule is CCCOc1ccc(/C=C/C(=O)NCC(c2ccccc2)N2CCCC2)cc1[N+](=O)[O-]. The first kappa shape index (κ1) is 22.5. The Morgan fingerprint density at radius 2 is 1.97 bits per heavy atom. The topological polar surface area (TPSA) is 84.7 Å². The summed E-state index contributed by atoms with van der Waals surface area (Å²) in [5.41, 5.74) is 1.66. The maximum atomic E-state index is 12.4. The number of likely N-dealkylation sites (tertiary alicyclic amines) is 1. The Morgan fingerprint density at radius 3 is 2.65 bits per heavy atom. The lowest BCUT2D eigenvalue weighted by Gasteiger charge is -2.28. The monoisotopic (exact) mass is 423 g/mol. The largest absolute Gasteiger partial charge is 0.487 e. The van der Waals surface area contributed by atoms with Crippen molar-refractivity contribution in [3.05, 3.63) is 75.8 Å². The standard InChI is InChI=1S/C24H29N3O4/c1-2-16-31-23-12-10-19(17-21(23)27(29)30)11-13-24(28)25-18-22(26-14-6-7-15-26)20-8-4-3-5-9-20/h3-5,8-13,17,22H,2,6-7,14-16,18H2,1H3,(H,25,28)/b13-11+. The van der Waals surface area contributed by atoms with Gasteiger partial charge >= 0.3 is 5.69 Å². The van der Waals surface area contributed by atoms with Crippen LogP contribution in [-0.4, -0.2) is 42.0 Å². The van der Waals surface area contributed by atoms with Gasteiger partial charge < -0.3 is 10.1 Å². The summed E-state index contributed by atoms with van der Waals surface area (Å²) in [4.78, 5) is 25.7. The zero-order chi connectivity index (χ0) is 22.1. The molecule has 2 aromatic rings. The van der Waals surface area contributed by atoms with Gasteiger partial charge in [0.1, 0.15) is 0 Å². The van der Waals surface area contributed by atoms with Crippen molar-refractivity contribution in [1.29, 1.82) is 0 Å². The minimum Gasteiger partial charge on any atom is -0.487 e. The maximum absolute atomic E-state index is 12.4. The van der Waals surface area contributed by atoms with E-state index < -0.39 is 4.92 Å². The van der Waals surface area contributed by atoms with Gasteiger partial charge in [-0.2, -0.15) is 0 Å². The Labute approximate surface area is 182 Å². The number of hydrogen-bond donors (Lipinski definition) is 1. The van der Waals surface area contributed by atoms with E-state index in [0.29, 0.717) is 18.7 Å². The highest BCUT2D eigenvalue weighted by atomic mass is 16.6. The van der Waals surface area contributed by atoms with E-state index in [9.17, 15) is 14.9 Å². The fourth-order valence-electron chi connectivity index (χ4n) is 3.73. The number of nitro benzene ring substituents is 1. The predicted molar refractivity (Wildman–Crippen MR) is 121 cm³/mol. The third kappa shape index (κ3) is 6.39. The molecule has 0 bridgehead atoms. The normalized spacial score (nSPS) is 15.1. The number of ether oxygens (including phenoxy) is 1. The molecular formula is C24H29N3O4. The second-order valence-corrected chi connectivity index (χ2v) is 7.58. The van der Waals surface area contributed by atoms with Crippen molar-refractivity contribution in [3.63, 3.8) is 0 Å². The minimum absolute atomic E-state index is 0.103. The summed E-state index contributed by atoms with van der Waals surface area (Å²) in [7, 11) is 0. The fourth-order valence-corrected chi connectivity index (χ4v) is 3.73. The Hall–Kier alpha value is -3.19. The van der Waals surface area contributed by atoms with Crippen LogP contribution < -0.4 is 10.1 Å². The van der Waals surface area contributed by atoms with Crippen molar-refractivity contribution in [2.75, 3.05) is 26.2 Å². The summed E-state index contributed by atoms with van der Waals surface area (Å²) in [6.45, 7) is 4.92. The number of nitro groups is 1. The molecule has 0 aromatic heterocycles. The van der Waals surface area contributed by atoms with Gasteiger partial charge in [-0.3, -0.25) is 19.8 Å². The molecule has 31 heavy (non-hydrogen) atoms. The molecular weight excluding hydrogens is 394 g/mol. The molecule has 0 aliphatic carbocycles. The summed E-state index contributed by atoms with van der Waals surface area (Å²) < 4.78 is 5.43. The van der Waals surface area contributed by atoms with Crippen LogP contribution >= 0.6 is 0 Å². The van der Waals surface area contributed by atoms with Crippen molar-refractivity contribution in [2.45, 2.75) is 32.2 Å². The van der Waals surface area contributed by atoms with Crippen LogP contribution in [0.3, 0.4) is 0 Å². The highest BCUT2D eigenvalue weighted by Gasteiger charge is 2.23. The molecule has 1 amide bonds. The Morgan fingerprint density at radius 1 is 1.23 bits per heavy atom. The first-order chi connectivity index (χ1) is 15.1. The summed E-state index contributed by atoms with van der Waals surface area (Å²) in [5, 5.41) is 14.3. The van der Waals surface area contributed by atoms with Gasteiger partial charge in [0.2, 0.25) is 5.91 Å². The lowest BCUT2D eigenvalue weighted by atomic mass is 10.1. The van der Waals surface area contributed by atoms with E-state index in [1.165, 1.54) is 30.5 Å². The smallest absolute Gasteiger partial charge is 0.311 e. The highest BCUT2D eigenvalue weighted by molar-refractivity contribution is 5.91. The van der Waals surface area contributed by atoms with Gasteiger partial charge in [-0.1, -0.05) is 43.3 Å². The fraction of sp³-hybridized carbons (Fsp3) is 0.375. The molecule has 3 rings (SSSR count). The van der Waals surface area contributed by atoms with E-state index in [2.05, 4.69) is 22.3 Å². The lowest BCUT2D eigenvalue weighted by molar-refractivity contribution is -0.385. The zero-order valence-electron chi connectivity index (χ0n) is 17.8. The van der Waals surface area contributed by atoms with E-state index in [0.717, 1.165) is 19.5 Å². The average Bonchev–Trinajstić information content (AvgIpc) is 3.32. The summed E-state index contributed by atoms with van der Waals surface area (Å²) >= 11 is 0. The number of amides is 1. The van der Waals surface area contributed by atoms with Gasteiger partial charge in [0.15, 0.2) is 5.75 Å². The first-order valence-corrected chi connectivity index (χ1v) is 10.7. The van der Waals surface area contributed by atoms with E-state index in [1.54, 1.807) is 18.2 Å². The molecule has 164 valence electrons. The van der Waals surface area contributed by atoms with Crippen molar-refractivity contribution in [1.82, 2.24) is 10.2 Å². The molecule has 1 unspecified atom stereocenters. The molecule has 1 heterocycles. The Balaban J connectivity index is 1.64. The molecule has 1 saturated heterocycles. The van der Waals surface area contributed by atoms with Gasteiger partial charge in [-0.05, 0) is 55.6 Å². The number of nitrogens with one attached hydrogen (secondary N) is 1. The molecule has 7 heteroatoms. The third-order valence-corrected chi connectivity index (χ3v) is 5.30.